The Hall–Kier alpha value is -8.78. The van der Waals surface area contributed by atoms with E-state index in [1.165, 1.54) is 5.39 Å². The topological polar surface area (TPSA) is 20.9 Å². The highest BCUT2D eigenvalue weighted by Crippen LogP contribution is 2.42. The number of alkyl halides is 24. The van der Waals surface area contributed by atoms with Crippen molar-refractivity contribution in [2.75, 3.05) is 0 Å². The number of hydrogen-bond acceptors (Lipinski definition) is 1. The minimum Gasteiger partial charge on any atom is -0.287 e. The molecule has 0 saturated heterocycles. The van der Waals surface area contributed by atoms with Crippen molar-refractivity contribution in [3.8, 4) is 0 Å². The molecular weight excluding hydrogens is 1230 g/mol. The molecule has 2 nitrogen and oxygen atoms in total. The lowest BCUT2D eigenvalue weighted by Crippen LogP contribution is -2.75. The number of benzene rings is 9. The van der Waals surface area contributed by atoms with Crippen LogP contribution in [-0.2, 0) is 56.0 Å². The van der Waals surface area contributed by atoms with Crippen molar-refractivity contribution in [1.29, 1.82) is 0 Å². The largest absolute Gasteiger partial charge is 0.416 e. The molecule has 1 heterocycles. The molecule has 0 aliphatic heterocycles. The summed E-state index contributed by atoms with van der Waals surface area (Å²) >= 11 is 0. The summed E-state index contributed by atoms with van der Waals surface area (Å²) in [6.45, 7) is 0.303. The van der Waals surface area contributed by atoms with Gasteiger partial charge in [-0.2, -0.15) is 132 Å². The van der Waals surface area contributed by atoms with Gasteiger partial charge >= 0.3 is 49.4 Å². The van der Waals surface area contributed by atoms with Gasteiger partial charge in [-0.05, 0) is 86.9 Å². The van der Waals surface area contributed by atoms with E-state index >= 15 is 0 Å². The number of pyridine rings is 1. The first-order chi connectivity index (χ1) is 40.5. The van der Waals surface area contributed by atoms with Gasteiger partial charge in [-0.1, -0.05) is 109 Å². The lowest BCUT2D eigenvalue weighted by Gasteiger charge is -2.46. The molecule has 0 atom stereocenters. The first-order valence-electron chi connectivity index (χ1n) is 25.1. The quantitative estimate of drug-likeness (QED) is 0.0512. The predicted molar refractivity (Wildman–Crippen MR) is 278 cm³/mol. The Morgan fingerprint density at radius 1 is 0.295 bits per heavy atom. The van der Waals surface area contributed by atoms with Gasteiger partial charge in [0.15, 0.2) is 6.20 Å². The van der Waals surface area contributed by atoms with Crippen molar-refractivity contribution in [3.05, 3.63) is 232 Å². The molecule has 0 amide bonds. The van der Waals surface area contributed by atoms with Crippen molar-refractivity contribution < 1.29 is 115 Å². The Labute approximate surface area is 478 Å². The monoisotopic (exact) mass is 1260 g/mol. The Morgan fingerprint density at radius 3 is 0.932 bits per heavy atom. The lowest BCUT2D eigenvalue weighted by atomic mass is 9.12. The van der Waals surface area contributed by atoms with Crippen LogP contribution in [0.25, 0.3) is 43.2 Å². The van der Waals surface area contributed by atoms with Crippen LogP contribution in [0.15, 0.2) is 182 Å². The summed E-state index contributed by atoms with van der Waals surface area (Å²) in [7, 11) is 0. The Morgan fingerprint density at radius 2 is 0.580 bits per heavy atom. The number of carbonyl (C=O) groups is 1. The summed E-state index contributed by atoms with van der Waals surface area (Å²) in [5.74, 6) is 0.124. The second-order valence-electron chi connectivity index (χ2n) is 20.2. The van der Waals surface area contributed by atoms with Crippen molar-refractivity contribution in [3.63, 3.8) is 0 Å². The molecule has 0 aliphatic carbocycles. The molecule has 0 unspecified atom stereocenters. The fourth-order valence-electron chi connectivity index (χ4n) is 10.7. The van der Waals surface area contributed by atoms with E-state index in [4.69, 9.17) is 0 Å². The SMILES string of the molecule is FC(F)(F)c1cc([B-](c2cc(C(F)(F)F)cc(C(F)(F)F)c2)(c2cc(C(F)(F)F)cc(C(F)(F)F)c2)c2cc(C(F)(F)F)cc(C(F)(F)F)c2)cc(C(F)(F)F)c1.O=C(C[n+]1cccc2ccccc21)c1c2ccccc2cc2cc3ccccc3cc12. The molecule has 10 rings (SSSR count). The van der Waals surface area contributed by atoms with Gasteiger partial charge < -0.3 is 0 Å². The van der Waals surface area contributed by atoms with E-state index in [1.54, 1.807) is 0 Å². The van der Waals surface area contributed by atoms with Gasteiger partial charge in [-0.3, -0.25) is 4.79 Å². The zero-order chi connectivity index (χ0) is 64.7. The molecule has 0 radical (unpaired) electrons. The van der Waals surface area contributed by atoms with Gasteiger partial charge in [0.2, 0.25) is 17.8 Å². The molecule has 458 valence electrons. The summed E-state index contributed by atoms with van der Waals surface area (Å²) in [6.07, 6.45) is -52.8. The molecule has 27 heteroatoms. The first kappa shape index (κ1) is 63.7. The maximum absolute atomic E-state index is 14.2. The molecule has 88 heavy (non-hydrogen) atoms. The Bertz CT molecular complexity index is 3890. The van der Waals surface area contributed by atoms with Gasteiger partial charge in [0.25, 0.3) is 0 Å². The Balaban J connectivity index is 0.000000246. The van der Waals surface area contributed by atoms with E-state index in [9.17, 15) is 110 Å². The molecular formula is C61H32BF24NO. The van der Waals surface area contributed by atoms with Gasteiger partial charge in [-0.25, -0.2) is 0 Å². The van der Waals surface area contributed by atoms with Crippen LogP contribution in [-0.4, -0.2) is 11.9 Å². The van der Waals surface area contributed by atoms with Crippen molar-refractivity contribution in [1.82, 2.24) is 0 Å². The highest BCUT2D eigenvalue weighted by Gasteiger charge is 2.47. The third kappa shape index (κ3) is 12.9. The van der Waals surface area contributed by atoms with Crippen LogP contribution < -0.4 is 26.4 Å². The van der Waals surface area contributed by atoms with E-state index in [1.807, 2.05) is 47.2 Å². The zero-order valence-corrected chi connectivity index (χ0v) is 43.5. The fourth-order valence-corrected chi connectivity index (χ4v) is 10.7. The van der Waals surface area contributed by atoms with Crippen LogP contribution in [0.4, 0.5) is 105 Å². The van der Waals surface area contributed by atoms with Crippen LogP contribution in [0.2, 0.25) is 0 Å². The molecule has 0 N–H and O–H groups in total. The summed E-state index contributed by atoms with van der Waals surface area (Å²) in [4.78, 5) is 13.8. The number of nitrogens with zero attached hydrogens (tertiary/aromatic N) is 1. The van der Waals surface area contributed by atoms with E-state index in [0.717, 1.165) is 43.4 Å². The van der Waals surface area contributed by atoms with Crippen LogP contribution >= 0.6 is 0 Å². The van der Waals surface area contributed by atoms with Crippen LogP contribution in [0.3, 0.4) is 0 Å². The molecule has 0 spiro atoms. The third-order valence-corrected chi connectivity index (χ3v) is 14.5. The maximum Gasteiger partial charge on any atom is 0.416 e. The number of hydrogen-bond donors (Lipinski definition) is 0. The van der Waals surface area contributed by atoms with Crippen molar-refractivity contribution in [2.45, 2.75) is 56.0 Å². The van der Waals surface area contributed by atoms with E-state index < -0.39 is 195 Å². The molecule has 0 fully saturated rings. The average Bonchev–Trinajstić information content (AvgIpc) is 1.77. The predicted octanol–water partition coefficient (Wildman–Crippen LogP) is 17.7. The van der Waals surface area contributed by atoms with E-state index in [-0.39, 0.29) is 5.78 Å². The molecule has 0 saturated carbocycles. The number of rotatable bonds is 7. The molecule has 9 aromatic carbocycles. The first-order valence-corrected chi connectivity index (χ1v) is 25.1. The molecule has 10 aromatic rings. The summed E-state index contributed by atoms with van der Waals surface area (Å²) in [6, 6.07) is 26.5. The average molecular weight is 1260 g/mol. The number of para-hydroxylation sites is 1. The van der Waals surface area contributed by atoms with Crippen molar-refractivity contribution in [2.24, 2.45) is 0 Å². The minimum absolute atomic E-state index is 0.124. The van der Waals surface area contributed by atoms with Gasteiger partial charge in [0.1, 0.15) is 6.15 Å². The number of ketones is 1. The van der Waals surface area contributed by atoms with E-state index in [2.05, 4.69) is 66.7 Å². The van der Waals surface area contributed by atoms with Gasteiger partial charge in [0, 0.05) is 23.1 Å². The number of halogens is 24. The highest BCUT2D eigenvalue weighted by atomic mass is 19.4. The highest BCUT2D eigenvalue weighted by molar-refractivity contribution is 7.20. The number of carbonyl (C=O) groups excluding carboxylic acids is 1. The summed E-state index contributed by atoms with van der Waals surface area (Å²) in [5.41, 5.74) is -28.3. The van der Waals surface area contributed by atoms with Crippen LogP contribution in [0.5, 0.6) is 0 Å². The molecule has 0 bridgehead atoms. The number of Topliss-reactive ketones (excluding diaryl/α,β-unsaturated/α-hetero) is 1. The zero-order valence-electron chi connectivity index (χ0n) is 43.5. The number of fused-ring (bicyclic) bond motifs is 4. The van der Waals surface area contributed by atoms with Gasteiger partial charge in [-0.15, -0.1) is 0 Å². The third-order valence-electron chi connectivity index (χ3n) is 14.5. The van der Waals surface area contributed by atoms with Crippen molar-refractivity contribution >= 4 is 77.0 Å². The second-order valence-corrected chi connectivity index (χ2v) is 20.2. The van der Waals surface area contributed by atoms with Crippen LogP contribution in [0.1, 0.15) is 54.9 Å². The molecule has 0 aliphatic rings. The summed E-state index contributed by atoms with van der Waals surface area (Å²) in [5, 5.41) is 7.69. The normalized spacial score (nSPS) is 13.3. The maximum atomic E-state index is 14.2. The van der Waals surface area contributed by atoms with E-state index in [0.29, 0.717) is 6.54 Å². The standard InChI is InChI=1S/C32H12BF24.C29H20NO/c34-25(35,36)13-1-14(26(37,38)39)6-21(5-13)33(22-7-15(27(40,41)42)2-16(8-22)28(43,44)45,23-9-17(29(46,47)48)3-18(10-23)30(49,50)51)24-11-19(31(52,53)54)4-20(12-24)32(55,56)57;31-28(19-30-15-7-12-20-8-4-6-14-27(20)30)29-25-13-5-3-11-23(25)17-24-16-21-9-1-2-10-22(21)18-26(24)29/h1-12H;1-18H,19H2/q-1;+1. The van der Waals surface area contributed by atoms with Crippen LogP contribution in [0, 0.1) is 0 Å². The fraction of sp³-hybridized carbons (Fsp3) is 0.148. The smallest absolute Gasteiger partial charge is 0.287 e. The minimum atomic E-state index is -6.13. The summed E-state index contributed by atoms with van der Waals surface area (Å²) < 4.78 is 343. The Kier molecular flexibility index (Phi) is 16.0. The second kappa shape index (κ2) is 22.1. The van der Waals surface area contributed by atoms with Gasteiger partial charge in [0.05, 0.1) is 44.5 Å². The number of aromatic nitrogens is 1. The molecule has 1 aromatic heterocycles. The lowest BCUT2D eigenvalue weighted by molar-refractivity contribution is -0.657.